The summed E-state index contributed by atoms with van der Waals surface area (Å²) in [6, 6.07) is 9.46. The number of benzene rings is 1. The van der Waals surface area contributed by atoms with Gasteiger partial charge in [0.25, 0.3) is 0 Å². The summed E-state index contributed by atoms with van der Waals surface area (Å²) in [4.78, 5) is 10.2. The molecule has 0 heterocycles. The van der Waals surface area contributed by atoms with Crippen LogP contribution < -0.4 is 0 Å². The molecule has 0 fully saturated rings. The van der Waals surface area contributed by atoms with Crippen molar-refractivity contribution in [2.75, 3.05) is 0 Å². The predicted molar refractivity (Wildman–Crippen MR) is 44.2 cm³/mol. The largest absolute Gasteiger partial charge is 0.302 e. The van der Waals surface area contributed by atoms with E-state index in [9.17, 15) is 4.79 Å². The molecule has 1 aromatic rings. The van der Waals surface area contributed by atoms with Crippen LogP contribution in [-0.2, 0) is 4.79 Å². The van der Waals surface area contributed by atoms with Crippen molar-refractivity contribution >= 4 is 18.9 Å². The second-order valence-electron chi connectivity index (χ2n) is 1.99. The highest BCUT2D eigenvalue weighted by Gasteiger charge is 2.00. The van der Waals surface area contributed by atoms with Crippen LogP contribution in [0.4, 0.5) is 0 Å². The van der Waals surface area contributed by atoms with Crippen LogP contribution in [0.1, 0.15) is 10.8 Å². The minimum absolute atomic E-state index is 0.277. The van der Waals surface area contributed by atoms with E-state index >= 15 is 0 Å². The van der Waals surface area contributed by atoms with E-state index in [1.54, 1.807) is 0 Å². The van der Waals surface area contributed by atoms with E-state index in [4.69, 9.17) is 0 Å². The van der Waals surface area contributed by atoms with Crippen molar-refractivity contribution < 1.29 is 4.79 Å². The number of thiol groups is 1. The number of hydrogen-bond acceptors (Lipinski definition) is 2. The smallest absolute Gasteiger partial charge is 0.137 e. The summed E-state index contributed by atoms with van der Waals surface area (Å²) in [6.45, 7) is 0. The second kappa shape index (κ2) is 3.42. The molecule has 0 aliphatic carbocycles. The van der Waals surface area contributed by atoms with Crippen LogP contribution >= 0.6 is 12.6 Å². The van der Waals surface area contributed by atoms with E-state index in [0.717, 1.165) is 11.8 Å². The van der Waals surface area contributed by atoms with Gasteiger partial charge in [0.05, 0.1) is 5.25 Å². The van der Waals surface area contributed by atoms with E-state index in [1.165, 1.54) is 0 Å². The molecule has 0 saturated heterocycles. The Hall–Kier alpha value is -0.760. The summed E-state index contributed by atoms with van der Waals surface area (Å²) < 4.78 is 0. The van der Waals surface area contributed by atoms with Crippen molar-refractivity contribution in [2.24, 2.45) is 0 Å². The quantitative estimate of drug-likeness (QED) is 0.505. The Bertz CT molecular complexity index is 208. The molecule has 0 N–H and O–H groups in total. The fourth-order valence-corrected chi connectivity index (χ4v) is 0.901. The summed E-state index contributed by atoms with van der Waals surface area (Å²) in [6.07, 6.45) is 0.818. The highest BCUT2D eigenvalue weighted by molar-refractivity contribution is 7.81. The monoisotopic (exact) mass is 152 g/mol. The number of hydrogen-bond donors (Lipinski definition) is 1. The van der Waals surface area contributed by atoms with Gasteiger partial charge in [0.2, 0.25) is 0 Å². The minimum atomic E-state index is -0.277. The van der Waals surface area contributed by atoms with E-state index in [0.29, 0.717) is 0 Å². The fraction of sp³-hybridized carbons (Fsp3) is 0.125. The van der Waals surface area contributed by atoms with Crippen LogP contribution in [-0.4, -0.2) is 6.29 Å². The number of carbonyl (C=O) groups is 1. The number of rotatable bonds is 2. The molecule has 0 radical (unpaired) electrons. The van der Waals surface area contributed by atoms with E-state index in [1.807, 2.05) is 30.3 Å². The van der Waals surface area contributed by atoms with Gasteiger partial charge in [0, 0.05) is 0 Å². The molecule has 1 rings (SSSR count). The van der Waals surface area contributed by atoms with Gasteiger partial charge in [-0.15, -0.1) is 0 Å². The molecule has 0 amide bonds. The maximum Gasteiger partial charge on any atom is 0.137 e. The summed E-state index contributed by atoms with van der Waals surface area (Å²) in [5.74, 6) is 0. The van der Waals surface area contributed by atoms with Crippen molar-refractivity contribution in [1.82, 2.24) is 0 Å². The molecule has 10 heavy (non-hydrogen) atoms. The zero-order chi connectivity index (χ0) is 7.40. The molecule has 0 aliphatic rings. The number of aldehydes is 1. The second-order valence-corrected chi connectivity index (χ2v) is 2.55. The first-order valence-corrected chi connectivity index (χ1v) is 3.54. The minimum Gasteiger partial charge on any atom is -0.302 e. The first kappa shape index (κ1) is 7.35. The Morgan fingerprint density at radius 2 is 1.90 bits per heavy atom. The summed E-state index contributed by atoms with van der Waals surface area (Å²) >= 11 is 4.05. The molecular formula is C8H8OS. The Labute approximate surface area is 65.5 Å². The summed E-state index contributed by atoms with van der Waals surface area (Å²) in [5.41, 5.74) is 0.945. The van der Waals surface area contributed by atoms with Crippen LogP contribution in [0.25, 0.3) is 0 Å². The average molecular weight is 152 g/mol. The Balaban J connectivity index is 2.84. The third-order valence-corrected chi connectivity index (χ3v) is 1.69. The maximum absolute atomic E-state index is 10.2. The Kier molecular flexibility index (Phi) is 2.51. The first-order valence-electron chi connectivity index (χ1n) is 3.03. The van der Waals surface area contributed by atoms with Gasteiger partial charge in [-0.2, -0.15) is 12.6 Å². The lowest BCUT2D eigenvalue weighted by molar-refractivity contribution is -0.107. The van der Waals surface area contributed by atoms with E-state index < -0.39 is 0 Å². The van der Waals surface area contributed by atoms with Crippen LogP contribution in [0.15, 0.2) is 30.3 Å². The fourth-order valence-electron chi connectivity index (χ4n) is 0.729. The van der Waals surface area contributed by atoms with E-state index in [2.05, 4.69) is 12.6 Å². The molecule has 1 atom stereocenters. The van der Waals surface area contributed by atoms with Crippen LogP contribution in [0.5, 0.6) is 0 Å². The molecule has 52 valence electrons. The molecule has 0 saturated carbocycles. The SMILES string of the molecule is O=C[C@@H](S)c1ccccc1. The lowest BCUT2D eigenvalue weighted by Crippen LogP contribution is -1.89. The highest BCUT2D eigenvalue weighted by Crippen LogP contribution is 2.15. The third-order valence-electron chi connectivity index (χ3n) is 1.27. The molecule has 2 heteroatoms. The summed E-state index contributed by atoms with van der Waals surface area (Å²) in [5, 5.41) is -0.277. The van der Waals surface area contributed by atoms with Gasteiger partial charge >= 0.3 is 0 Å². The molecule has 0 aromatic heterocycles. The highest BCUT2D eigenvalue weighted by atomic mass is 32.1. The normalized spacial score (nSPS) is 12.5. The van der Waals surface area contributed by atoms with E-state index in [-0.39, 0.29) is 5.25 Å². The van der Waals surface area contributed by atoms with Gasteiger partial charge in [-0.25, -0.2) is 0 Å². The molecule has 0 bridgehead atoms. The van der Waals surface area contributed by atoms with Crippen molar-refractivity contribution in [3.05, 3.63) is 35.9 Å². The lowest BCUT2D eigenvalue weighted by Gasteiger charge is -1.99. The standard InChI is InChI=1S/C8H8OS/c9-6-8(10)7-4-2-1-3-5-7/h1-6,8,10H/t8-/m1/s1. The molecule has 0 unspecified atom stereocenters. The molecule has 0 aliphatic heterocycles. The van der Waals surface area contributed by atoms with Crippen LogP contribution in [0.3, 0.4) is 0 Å². The van der Waals surface area contributed by atoms with Gasteiger partial charge in [0.15, 0.2) is 0 Å². The van der Waals surface area contributed by atoms with Crippen molar-refractivity contribution in [2.45, 2.75) is 5.25 Å². The first-order chi connectivity index (χ1) is 4.84. The maximum atomic E-state index is 10.2. The van der Waals surface area contributed by atoms with Crippen LogP contribution in [0.2, 0.25) is 0 Å². The van der Waals surface area contributed by atoms with Gasteiger partial charge in [0.1, 0.15) is 6.29 Å². The molecule has 1 aromatic carbocycles. The number of carbonyl (C=O) groups excluding carboxylic acids is 1. The van der Waals surface area contributed by atoms with Crippen molar-refractivity contribution in [3.63, 3.8) is 0 Å². The molecular weight excluding hydrogens is 144 g/mol. The topological polar surface area (TPSA) is 17.1 Å². The predicted octanol–water partition coefficient (Wildman–Crippen LogP) is 1.86. The molecule has 1 nitrogen and oxygen atoms in total. The zero-order valence-electron chi connectivity index (χ0n) is 5.40. The zero-order valence-corrected chi connectivity index (χ0v) is 6.29. The van der Waals surface area contributed by atoms with Gasteiger partial charge < -0.3 is 4.79 Å². The van der Waals surface area contributed by atoms with Crippen molar-refractivity contribution in [1.29, 1.82) is 0 Å². The van der Waals surface area contributed by atoms with Crippen LogP contribution in [0, 0.1) is 0 Å². The van der Waals surface area contributed by atoms with Gasteiger partial charge in [-0.3, -0.25) is 0 Å². The van der Waals surface area contributed by atoms with Gasteiger partial charge in [-0.1, -0.05) is 30.3 Å². The Morgan fingerprint density at radius 3 is 2.40 bits per heavy atom. The average Bonchev–Trinajstić information content (AvgIpc) is 2.05. The lowest BCUT2D eigenvalue weighted by atomic mass is 10.2. The third kappa shape index (κ3) is 1.61. The van der Waals surface area contributed by atoms with Gasteiger partial charge in [-0.05, 0) is 5.56 Å². The van der Waals surface area contributed by atoms with Crippen molar-refractivity contribution in [3.8, 4) is 0 Å². The Morgan fingerprint density at radius 1 is 1.30 bits per heavy atom. The summed E-state index contributed by atoms with van der Waals surface area (Å²) in [7, 11) is 0. The molecule has 0 spiro atoms.